The Morgan fingerprint density at radius 3 is 2.81 bits per heavy atom. The Hall–Kier alpha value is -3.40. The van der Waals surface area contributed by atoms with Gasteiger partial charge >= 0.3 is 5.63 Å². The van der Waals surface area contributed by atoms with Crippen molar-refractivity contribution in [2.45, 2.75) is 25.7 Å². The Labute approximate surface area is 149 Å². The molecule has 1 aromatic heterocycles. The van der Waals surface area contributed by atoms with Gasteiger partial charge in [-0.15, -0.1) is 0 Å². The van der Waals surface area contributed by atoms with Crippen molar-refractivity contribution in [3.8, 4) is 23.3 Å². The minimum absolute atomic E-state index is 0.0179. The predicted molar refractivity (Wildman–Crippen MR) is 90.8 cm³/mol. The summed E-state index contributed by atoms with van der Waals surface area (Å²) >= 11 is 0. The minimum Gasteiger partial charge on any atom is -0.454 e. The number of aryl methyl sites for hydroxylation is 1. The first-order valence-electron chi connectivity index (χ1n) is 8.26. The lowest BCUT2D eigenvalue weighted by Crippen LogP contribution is -2.26. The summed E-state index contributed by atoms with van der Waals surface area (Å²) in [5.74, 6) is 1.30. The van der Waals surface area contributed by atoms with Crippen LogP contribution in [-0.4, -0.2) is 6.79 Å². The summed E-state index contributed by atoms with van der Waals surface area (Å²) in [4.78, 5) is 12.7. The van der Waals surface area contributed by atoms with Crippen molar-refractivity contribution in [1.82, 2.24) is 0 Å². The quantitative estimate of drug-likeness (QED) is 0.904. The SMILES string of the molecule is CCCc1cc2c(c(=O)o1)C(c1ccc3c(c1)OCO3)C(C#N)=C(N)O2. The van der Waals surface area contributed by atoms with Crippen LogP contribution in [0.1, 0.15) is 36.1 Å². The highest BCUT2D eigenvalue weighted by molar-refractivity contribution is 5.57. The highest BCUT2D eigenvalue weighted by Gasteiger charge is 2.35. The van der Waals surface area contributed by atoms with E-state index in [4.69, 9.17) is 24.4 Å². The second-order valence-corrected chi connectivity index (χ2v) is 6.07. The zero-order chi connectivity index (χ0) is 18.3. The van der Waals surface area contributed by atoms with Gasteiger partial charge in [0.1, 0.15) is 23.2 Å². The molecule has 2 N–H and O–H groups in total. The Balaban J connectivity index is 1.91. The predicted octanol–water partition coefficient (Wildman–Crippen LogP) is 2.54. The Morgan fingerprint density at radius 2 is 2.04 bits per heavy atom. The van der Waals surface area contributed by atoms with Crippen molar-refractivity contribution in [3.05, 3.63) is 63.0 Å². The number of nitriles is 1. The molecular formula is C19H16N2O5. The standard InChI is InChI=1S/C19H16N2O5/c1-2-3-11-7-15-17(19(22)25-11)16(12(8-20)18(21)26-15)10-4-5-13-14(6-10)24-9-23-13/h4-7,16H,2-3,9,21H2,1H3. The fraction of sp³-hybridized carbons (Fsp3) is 0.263. The number of hydrogen-bond donors (Lipinski definition) is 1. The average Bonchev–Trinajstić information content (AvgIpc) is 3.08. The van der Waals surface area contributed by atoms with Crippen molar-refractivity contribution in [2.24, 2.45) is 5.73 Å². The number of hydrogen-bond acceptors (Lipinski definition) is 7. The maximum atomic E-state index is 12.7. The van der Waals surface area contributed by atoms with Gasteiger partial charge in [-0.25, -0.2) is 4.79 Å². The van der Waals surface area contributed by atoms with Crippen molar-refractivity contribution in [3.63, 3.8) is 0 Å². The highest BCUT2D eigenvalue weighted by atomic mass is 16.7. The van der Waals surface area contributed by atoms with Crippen LogP contribution in [0.2, 0.25) is 0 Å². The second kappa shape index (κ2) is 6.15. The minimum atomic E-state index is -0.690. The summed E-state index contributed by atoms with van der Waals surface area (Å²) in [6, 6.07) is 8.98. The van der Waals surface area contributed by atoms with Crippen LogP contribution in [-0.2, 0) is 6.42 Å². The molecule has 3 heterocycles. The largest absolute Gasteiger partial charge is 0.454 e. The van der Waals surface area contributed by atoms with Crippen molar-refractivity contribution < 1.29 is 18.6 Å². The van der Waals surface area contributed by atoms with E-state index in [-0.39, 0.29) is 23.8 Å². The van der Waals surface area contributed by atoms with Crippen molar-refractivity contribution >= 4 is 0 Å². The van der Waals surface area contributed by atoms with E-state index in [1.54, 1.807) is 24.3 Å². The highest BCUT2D eigenvalue weighted by Crippen LogP contribution is 2.43. The number of nitrogens with zero attached hydrogens (tertiary/aromatic N) is 1. The molecule has 1 atom stereocenters. The number of ether oxygens (including phenoxy) is 3. The van der Waals surface area contributed by atoms with Gasteiger partial charge in [-0.3, -0.25) is 0 Å². The van der Waals surface area contributed by atoms with E-state index in [1.807, 2.05) is 6.92 Å². The van der Waals surface area contributed by atoms with Gasteiger partial charge in [-0.2, -0.15) is 5.26 Å². The molecule has 0 aliphatic carbocycles. The second-order valence-electron chi connectivity index (χ2n) is 6.07. The maximum absolute atomic E-state index is 12.7. The van der Waals surface area contributed by atoms with E-state index in [0.29, 0.717) is 35.0 Å². The van der Waals surface area contributed by atoms with E-state index in [2.05, 4.69) is 6.07 Å². The van der Waals surface area contributed by atoms with Crippen molar-refractivity contribution in [2.75, 3.05) is 6.79 Å². The van der Waals surface area contributed by atoms with Gasteiger partial charge in [0.2, 0.25) is 12.7 Å². The molecule has 0 amide bonds. The van der Waals surface area contributed by atoms with E-state index in [0.717, 1.165) is 6.42 Å². The third-order valence-corrected chi connectivity index (χ3v) is 4.41. The van der Waals surface area contributed by atoms with Crippen LogP contribution in [0.4, 0.5) is 0 Å². The third kappa shape index (κ3) is 2.47. The van der Waals surface area contributed by atoms with Gasteiger partial charge in [-0.05, 0) is 24.1 Å². The van der Waals surface area contributed by atoms with Crippen LogP contribution >= 0.6 is 0 Å². The smallest absolute Gasteiger partial charge is 0.343 e. The van der Waals surface area contributed by atoms with E-state index < -0.39 is 11.5 Å². The summed E-state index contributed by atoms with van der Waals surface area (Å²) in [7, 11) is 0. The van der Waals surface area contributed by atoms with E-state index >= 15 is 0 Å². The number of allylic oxidation sites excluding steroid dienone is 1. The molecule has 2 aliphatic heterocycles. The molecule has 7 heteroatoms. The summed E-state index contributed by atoms with van der Waals surface area (Å²) in [5.41, 5.74) is 6.52. The van der Waals surface area contributed by atoms with Crippen LogP contribution in [0.15, 0.2) is 44.9 Å². The normalized spacial score (nSPS) is 17.5. The molecule has 4 rings (SSSR count). The number of rotatable bonds is 3. The van der Waals surface area contributed by atoms with Crippen LogP contribution in [0.3, 0.4) is 0 Å². The first-order chi connectivity index (χ1) is 12.6. The Bertz CT molecular complexity index is 1020. The van der Waals surface area contributed by atoms with Crippen LogP contribution in [0.25, 0.3) is 0 Å². The number of benzene rings is 1. The summed E-state index contributed by atoms with van der Waals surface area (Å²) in [6.07, 6.45) is 1.43. The molecule has 0 radical (unpaired) electrons. The van der Waals surface area contributed by atoms with Crippen molar-refractivity contribution in [1.29, 1.82) is 5.26 Å². The molecule has 2 aromatic rings. The number of fused-ring (bicyclic) bond motifs is 2. The van der Waals surface area contributed by atoms with Gasteiger partial charge in [0, 0.05) is 12.5 Å². The lowest BCUT2D eigenvalue weighted by atomic mass is 9.84. The zero-order valence-electron chi connectivity index (χ0n) is 14.1. The third-order valence-electron chi connectivity index (χ3n) is 4.41. The van der Waals surface area contributed by atoms with E-state index in [9.17, 15) is 10.1 Å². The van der Waals surface area contributed by atoms with Gasteiger partial charge in [0.25, 0.3) is 0 Å². The summed E-state index contributed by atoms with van der Waals surface area (Å²) in [5, 5.41) is 9.59. The lowest BCUT2D eigenvalue weighted by Gasteiger charge is -2.25. The Kier molecular flexibility index (Phi) is 3.81. The topological polar surface area (TPSA) is 108 Å². The monoisotopic (exact) mass is 352 g/mol. The van der Waals surface area contributed by atoms with E-state index in [1.165, 1.54) is 0 Å². The summed E-state index contributed by atoms with van der Waals surface area (Å²) in [6.45, 7) is 2.12. The zero-order valence-corrected chi connectivity index (χ0v) is 14.1. The first-order valence-corrected chi connectivity index (χ1v) is 8.26. The van der Waals surface area contributed by atoms with Crippen LogP contribution in [0, 0.1) is 11.3 Å². The van der Waals surface area contributed by atoms with Gasteiger partial charge < -0.3 is 24.4 Å². The molecule has 26 heavy (non-hydrogen) atoms. The molecule has 1 aromatic carbocycles. The molecule has 7 nitrogen and oxygen atoms in total. The Morgan fingerprint density at radius 1 is 1.23 bits per heavy atom. The fourth-order valence-corrected chi connectivity index (χ4v) is 3.25. The molecule has 0 fully saturated rings. The molecule has 0 saturated carbocycles. The van der Waals surface area contributed by atoms with Crippen LogP contribution < -0.4 is 25.6 Å². The van der Waals surface area contributed by atoms with Gasteiger partial charge in [0.05, 0.1) is 11.5 Å². The maximum Gasteiger partial charge on any atom is 0.343 e. The average molecular weight is 352 g/mol. The summed E-state index contributed by atoms with van der Waals surface area (Å²) < 4.78 is 21.7. The molecule has 0 bridgehead atoms. The van der Waals surface area contributed by atoms with Crippen LogP contribution in [0.5, 0.6) is 17.2 Å². The van der Waals surface area contributed by atoms with Gasteiger partial charge in [0.15, 0.2) is 11.5 Å². The first kappa shape index (κ1) is 16.1. The molecule has 0 saturated heterocycles. The lowest BCUT2D eigenvalue weighted by molar-refractivity contribution is 0.174. The molecular weight excluding hydrogens is 336 g/mol. The fourth-order valence-electron chi connectivity index (χ4n) is 3.25. The molecule has 0 spiro atoms. The molecule has 1 unspecified atom stereocenters. The number of nitrogens with two attached hydrogens (primary N) is 1. The molecule has 132 valence electrons. The van der Waals surface area contributed by atoms with Gasteiger partial charge in [-0.1, -0.05) is 13.0 Å². The molecule has 2 aliphatic rings.